The van der Waals surface area contributed by atoms with Crippen molar-refractivity contribution in [2.24, 2.45) is 5.41 Å². The van der Waals surface area contributed by atoms with Crippen molar-refractivity contribution in [3.63, 3.8) is 0 Å². The maximum Gasteiger partial charge on any atom is 0.223 e. The minimum absolute atomic E-state index is 0.0208. The second kappa shape index (κ2) is 12.0. The number of benzene rings is 1. The second-order valence-electron chi connectivity index (χ2n) is 8.89. The lowest BCUT2D eigenvalue weighted by Gasteiger charge is -2.34. The summed E-state index contributed by atoms with van der Waals surface area (Å²) in [6.45, 7) is 11.4. The topological polar surface area (TPSA) is 38.8 Å². The first-order valence-corrected chi connectivity index (χ1v) is 10.8. The van der Waals surface area contributed by atoms with Gasteiger partial charge in [-0.25, -0.2) is 0 Å². The van der Waals surface area contributed by atoms with E-state index in [9.17, 15) is 4.79 Å². The molecule has 0 aliphatic carbocycles. The molecule has 0 radical (unpaired) electrons. The molecule has 0 unspecified atom stereocenters. The van der Waals surface area contributed by atoms with Gasteiger partial charge in [0.25, 0.3) is 0 Å². The van der Waals surface area contributed by atoms with Crippen molar-refractivity contribution in [1.29, 1.82) is 0 Å². The Kier molecular flexibility index (Phi) is 10.4. The molecule has 1 aromatic carbocycles. The Morgan fingerprint density at radius 3 is 2.04 bits per heavy atom. The molecule has 1 rings (SSSR count). The molecule has 0 heterocycles. The van der Waals surface area contributed by atoms with Crippen LogP contribution in [0, 0.1) is 5.41 Å². The van der Waals surface area contributed by atoms with E-state index < -0.39 is 0 Å². The van der Waals surface area contributed by atoms with E-state index in [1.54, 1.807) is 14.2 Å². The van der Waals surface area contributed by atoms with Crippen LogP contribution in [-0.2, 0) is 11.3 Å². The third-order valence-electron chi connectivity index (χ3n) is 5.03. The molecule has 0 aromatic heterocycles. The van der Waals surface area contributed by atoms with Crippen molar-refractivity contribution in [3.8, 4) is 11.5 Å². The Morgan fingerprint density at radius 2 is 1.57 bits per heavy atom. The molecule has 0 spiro atoms. The molecule has 4 heteroatoms. The Hall–Kier alpha value is -1.71. The highest BCUT2D eigenvalue weighted by atomic mass is 16.5. The van der Waals surface area contributed by atoms with Gasteiger partial charge in [-0.3, -0.25) is 4.79 Å². The number of nitrogens with zero attached hydrogens (tertiary/aromatic N) is 1. The number of hydrogen-bond donors (Lipinski definition) is 0. The molecule has 0 fully saturated rings. The minimum Gasteiger partial charge on any atom is -0.493 e. The van der Waals surface area contributed by atoms with Crippen LogP contribution in [0.5, 0.6) is 11.5 Å². The smallest absolute Gasteiger partial charge is 0.223 e. The zero-order chi connectivity index (χ0) is 21.2. The summed E-state index contributed by atoms with van der Waals surface area (Å²) < 4.78 is 10.8. The fourth-order valence-corrected chi connectivity index (χ4v) is 3.49. The number of carbonyl (C=O) groups excluding carboxylic acids is 1. The van der Waals surface area contributed by atoms with Crippen LogP contribution in [0.3, 0.4) is 0 Å². The van der Waals surface area contributed by atoms with Crippen molar-refractivity contribution in [3.05, 3.63) is 23.8 Å². The van der Waals surface area contributed by atoms with Crippen LogP contribution in [-0.4, -0.2) is 31.1 Å². The van der Waals surface area contributed by atoms with Crippen LogP contribution >= 0.6 is 0 Å². The van der Waals surface area contributed by atoms with E-state index in [-0.39, 0.29) is 11.3 Å². The quantitative estimate of drug-likeness (QED) is 0.425. The molecule has 0 saturated carbocycles. The van der Waals surface area contributed by atoms with Crippen molar-refractivity contribution in [1.82, 2.24) is 4.90 Å². The summed E-state index contributed by atoms with van der Waals surface area (Å²) in [6, 6.07) is 6.25. The van der Waals surface area contributed by atoms with Gasteiger partial charge in [0, 0.05) is 19.0 Å². The average Bonchev–Trinajstić information content (AvgIpc) is 2.65. The van der Waals surface area contributed by atoms with Crippen LogP contribution in [0.25, 0.3) is 0 Å². The van der Waals surface area contributed by atoms with E-state index in [4.69, 9.17) is 9.47 Å². The SMILES string of the molecule is CCCCC(CCCC)N(Cc1ccc(OC)c(OC)c1)C(=O)CC(C)(C)C. The number of hydrogen-bond acceptors (Lipinski definition) is 3. The lowest BCUT2D eigenvalue weighted by atomic mass is 9.90. The van der Waals surface area contributed by atoms with Crippen LogP contribution in [0.4, 0.5) is 0 Å². The molecule has 4 nitrogen and oxygen atoms in total. The Balaban J connectivity index is 3.15. The number of unbranched alkanes of at least 4 members (excludes halogenated alkanes) is 2. The van der Waals surface area contributed by atoms with Gasteiger partial charge in [-0.2, -0.15) is 0 Å². The summed E-state index contributed by atoms with van der Waals surface area (Å²) in [7, 11) is 3.29. The minimum atomic E-state index is -0.0208. The first-order chi connectivity index (χ1) is 13.3. The molecule has 0 saturated heterocycles. The van der Waals surface area contributed by atoms with Gasteiger partial charge in [0.15, 0.2) is 11.5 Å². The first kappa shape index (κ1) is 24.3. The van der Waals surface area contributed by atoms with Gasteiger partial charge in [0.05, 0.1) is 14.2 Å². The predicted molar refractivity (Wildman–Crippen MR) is 117 cm³/mol. The zero-order valence-electron chi connectivity index (χ0n) is 19.1. The van der Waals surface area contributed by atoms with Gasteiger partial charge in [-0.05, 0) is 36.0 Å². The molecule has 0 aliphatic rings. The number of amides is 1. The summed E-state index contributed by atoms with van der Waals surface area (Å²) in [6.07, 6.45) is 7.31. The fourth-order valence-electron chi connectivity index (χ4n) is 3.49. The first-order valence-electron chi connectivity index (χ1n) is 10.8. The molecule has 1 aromatic rings. The molecule has 0 bridgehead atoms. The second-order valence-corrected chi connectivity index (χ2v) is 8.89. The van der Waals surface area contributed by atoms with Crippen molar-refractivity contribution in [2.45, 2.75) is 92.2 Å². The molecule has 0 aliphatic heterocycles. The van der Waals surface area contributed by atoms with E-state index in [2.05, 4.69) is 39.5 Å². The third kappa shape index (κ3) is 8.12. The largest absolute Gasteiger partial charge is 0.493 e. The van der Waals surface area contributed by atoms with Crippen LogP contribution in [0.2, 0.25) is 0 Å². The van der Waals surface area contributed by atoms with Gasteiger partial charge in [-0.15, -0.1) is 0 Å². The lowest BCUT2D eigenvalue weighted by Crippen LogP contribution is -2.41. The highest BCUT2D eigenvalue weighted by Crippen LogP contribution is 2.30. The van der Waals surface area contributed by atoms with E-state index in [0.29, 0.717) is 30.5 Å². The van der Waals surface area contributed by atoms with Gasteiger partial charge in [0.2, 0.25) is 5.91 Å². The van der Waals surface area contributed by atoms with Crippen LogP contribution < -0.4 is 9.47 Å². The lowest BCUT2D eigenvalue weighted by molar-refractivity contribution is -0.136. The molecule has 0 N–H and O–H groups in total. The van der Waals surface area contributed by atoms with Crippen molar-refractivity contribution in [2.75, 3.05) is 14.2 Å². The summed E-state index contributed by atoms with van der Waals surface area (Å²) in [5, 5.41) is 0. The van der Waals surface area contributed by atoms with E-state index >= 15 is 0 Å². The monoisotopic (exact) mass is 391 g/mol. The van der Waals surface area contributed by atoms with E-state index in [1.807, 2.05) is 18.2 Å². The predicted octanol–water partition coefficient (Wildman–Crippen LogP) is 6.22. The molecular formula is C24H41NO3. The Morgan fingerprint density at radius 1 is 1.00 bits per heavy atom. The molecule has 0 atom stereocenters. The molecule has 160 valence electrons. The summed E-state index contributed by atoms with van der Waals surface area (Å²) >= 11 is 0. The Labute approximate surface area is 172 Å². The average molecular weight is 392 g/mol. The van der Waals surface area contributed by atoms with E-state index in [0.717, 1.165) is 44.1 Å². The zero-order valence-corrected chi connectivity index (χ0v) is 19.1. The highest BCUT2D eigenvalue weighted by molar-refractivity contribution is 5.77. The maximum atomic E-state index is 13.3. The maximum absolute atomic E-state index is 13.3. The van der Waals surface area contributed by atoms with Gasteiger partial charge in [-0.1, -0.05) is 66.4 Å². The molecule has 1 amide bonds. The molecular weight excluding hydrogens is 350 g/mol. The Bertz CT molecular complexity index is 584. The number of rotatable bonds is 12. The van der Waals surface area contributed by atoms with Gasteiger partial charge in [0.1, 0.15) is 0 Å². The van der Waals surface area contributed by atoms with E-state index in [1.165, 1.54) is 0 Å². The van der Waals surface area contributed by atoms with Crippen LogP contribution in [0.1, 0.15) is 85.1 Å². The normalized spacial score (nSPS) is 11.6. The number of ether oxygens (including phenoxy) is 2. The summed E-state index contributed by atoms with van der Waals surface area (Å²) in [5.74, 6) is 1.67. The number of carbonyl (C=O) groups is 1. The fraction of sp³-hybridized carbons (Fsp3) is 0.708. The number of methoxy groups -OCH3 is 2. The molecule has 28 heavy (non-hydrogen) atoms. The van der Waals surface area contributed by atoms with Crippen molar-refractivity contribution < 1.29 is 14.3 Å². The van der Waals surface area contributed by atoms with Crippen molar-refractivity contribution >= 4 is 5.91 Å². The summed E-state index contributed by atoms with van der Waals surface area (Å²) in [5.41, 5.74) is 1.06. The standard InChI is InChI=1S/C24H41NO3/c1-8-10-12-20(13-11-9-2)25(23(26)17-24(3,4)5)18-19-14-15-21(27-6)22(16-19)28-7/h14-16,20H,8-13,17-18H2,1-7H3. The third-order valence-corrected chi connectivity index (χ3v) is 5.03. The van der Waals surface area contributed by atoms with Gasteiger partial charge >= 0.3 is 0 Å². The van der Waals surface area contributed by atoms with Crippen LogP contribution in [0.15, 0.2) is 18.2 Å². The summed E-state index contributed by atoms with van der Waals surface area (Å²) in [4.78, 5) is 15.4. The van der Waals surface area contributed by atoms with Gasteiger partial charge < -0.3 is 14.4 Å². The highest BCUT2D eigenvalue weighted by Gasteiger charge is 2.27.